The minimum absolute atomic E-state index is 0.116. The zero-order chi connectivity index (χ0) is 18.6. The summed E-state index contributed by atoms with van der Waals surface area (Å²) in [6.45, 7) is 0. The monoisotopic (exact) mass is 378 g/mol. The Hall–Kier alpha value is -2.34. The summed E-state index contributed by atoms with van der Waals surface area (Å²) in [7, 11) is 3.96. The molecule has 0 bridgehead atoms. The molecule has 2 aromatic rings. The highest BCUT2D eigenvalue weighted by molar-refractivity contribution is 6.36. The third-order valence-corrected chi connectivity index (χ3v) is 3.99. The Bertz CT molecular complexity index is 831. The fraction of sp³-hybridized carbons (Fsp3) is 0.111. The molecule has 2 aromatic carbocycles. The van der Waals surface area contributed by atoms with Crippen molar-refractivity contribution < 1.29 is 19.6 Å². The van der Waals surface area contributed by atoms with E-state index in [2.05, 4.69) is 5.32 Å². The van der Waals surface area contributed by atoms with Crippen molar-refractivity contribution in [1.82, 2.24) is 5.32 Å². The van der Waals surface area contributed by atoms with E-state index in [1.807, 2.05) is 26.2 Å². The second-order valence-electron chi connectivity index (χ2n) is 5.55. The number of rotatable bonds is 5. The fourth-order valence-corrected chi connectivity index (χ4v) is 2.58. The van der Waals surface area contributed by atoms with E-state index >= 15 is 0 Å². The summed E-state index contributed by atoms with van der Waals surface area (Å²) in [5.41, 5.74) is 1.42. The summed E-state index contributed by atoms with van der Waals surface area (Å²) in [5, 5.41) is 14.1. The molecule has 0 atom stereocenters. The topological polar surface area (TPSA) is 73.7 Å². The quantitative estimate of drug-likeness (QED) is 0.769. The molecule has 0 aromatic heterocycles. The van der Waals surface area contributed by atoms with Crippen molar-refractivity contribution >= 4 is 46.8 Å². The Morgan fingerprint density at radius 3 is 2.24 bits per heavy atom. The van der Waals surface area contributed by atoms with Gasteiger partial charge in [0, 0.05) is 5.02 Å². The predicted octanol–water partition coefficient (Wildman–Crippen LogP) is 1.29. The largest absolute Gasteiger partial charge is 0.543 e. The van der Waals surface area contributed by atoms with Crippen LogP contribution in [0.1, 0.15) is 15.9 Å². The number of carbonyl (C=O) groups excluding carboxylic acids is 2. The maximum atomic E-state index is 12.3. The van der Waals surface area contributed by atoms with Crippen LogP contribution in [0.15, 0.2) is 48.2 Å². The number of carboxylic acids is 1. The average molecular weight is 379 g/mol. The summed E-state index contributed by atoms with van der Waals surface area (Å²) < 4.78 is 0. The van der Waals surface area contributed by atoms with Crippen LogP contribution in [0.5, 0.6) is 0 Å². The van der Waals surface area contributed by atoms with Gasteiger partial charge in [-0.15, -0.1) is 0 Å². The molecule has 5 nitrogen and oxygen atoms in total. The Balaban J connectivity index is 2.25. The van der Waals surface area contributed by atoms with Crippen LogP contribution < -0.4 is 15.3 Å². The fourth-order valence-electron chi connectivity index (χ4n) is 2.09. The second kappa shape index (κ2) is 8.16. The highest BCUT2D eigenvalue weighted by atomic mass is 35.5. The first-order valence-corrected chi connectivity index (χ1v) is 8.13. The number of amides is 1. The van der Waals surface area contributed by atoms with Gasteiger partial charge in [-0.3, -0.25) is 4.79 Å². The van der Waals surface area contributed by atoms with Gasteiger partial charge in [-0.1, -0.05) is 23.2 Å². The van der Waals surface area contributed by atoms with Crippen molar-refractivity contribution in [3.8, 4) is 0 Å². The number of carbonyl (C=O) groups is 2. The standard InChI is InChI=1S/C18H16Cl2N2O3/c1-22(2)13-6-3-11(4-7-13)9-16(18(24)25)21-17(23)14-8-5-12(19)10-15(14)20/h3-10H,1-2H3,(H,21,23)(H,24,25)/b16-9+. The van der Waals surface area contributed by atoms with Gasteiger partial charge in [0.2, 0.25) is 0 Å². The van der Waals surface area contributed by atoms with Crippen LogP contribution in [0.25, 0.3) is 6.08 Å². The summed E-state index contributed by atoms with van der Waals surface area (Å²) >= 11 is 11.8. The lowest BCUT2D eigenvalue weighted by Gasteiger charge is -2.12. The van der Waals surface area contributed by atoms with Crippen LogP contribution in [-0.2, 0) is 4.79 Å². The van der Waals surface area contributed by atoms with Crippen molar-refractivity contribution in [3.63, 3.8) is 0 Å². The highest BCUT2D eigenvalue weighted by Gasteiger charge is 2.13. The van der Waals surface area contributed by atoms with Crippen LogP contribution in [0.2, 0.25) is 10.0 Å². The number of halogens is 2. The molecule has 0 aliphatic rings. The van der Waals surface area contributed by atoms with Crippen LogP contribution in [0, 0.1) is 0 Å². The lowest BCUT2D eigenvalue weighted by atomic mass is 10.1. The molecule has 0 radical (unpaired) electrons. The van der Waals surface area contributed by atoms with E-state index < -0.39 is 11.9 Å². The van der Waals surface area contributed by atoms with Gasteiger partial charge in [0.05, 0.1) is 36.3 Å². The van der Waals surface area contributed by atoms with Gasteiger partial charge in [0.15, 0.2) is 0 Å². The van der Waals surface area contributed by atoms with E-state index in [4.69, 9.17) is 23.2 Å². The van der Waals surface area contributed by atoms with Gasteiger partial charge in [-0.2, -0.15) is 0 Å². The molecule has 25 heavy (non-hydrogen) atoms. The molecule has 0 spiro atoms. The zero-order valence-corrected chi connectivity index (χ0v) is 15.1. The minimum Gasteiger partial charge on any atom is -0.543 e. The summed E-state index contributed by atoms with van der Waals surface area (Å²) in [5.74, 6) is -2.16. The number of hydrogen-bond acceptors (Lipinski definition) is 3. The Morgan fingerprint density at radius 2 is 1.72 bits per heavy atom. The molecule has 2 rings (SSSR count). The first kappa shape index (κ1) is 19.0. The smallest absolute Gasteiger partial charge is 0.257 e. The van der Waals surface area contributed by atoms with E-state index in [9.17, 15) is 14.7 Å². The average Bonchev–Trinajstić information content (AvgIpc) is 2.54. The number of carboxylic acid groups (broad SMARTS) is 1. The lowest BCUT2D eigenvalue weighted by molar-refractivity contribution is -0.786. The molecule has 1 amide bonds. The van der Waals surface area contributed by atoms with Gasteiger partial charge in [0.1, 0.15) is 5.69 Å². The molecule has 0 unspecified atom stereocenters. The first-order valence-electron chi connectivity index (χ1n) is 7.38. The summed E-state index contributed by atoms with van der Waals surface area (Å²) in [4.78, 5) is 24.7. The van der Waals surface area contributed by atoms with Crippen molar-refractivity contribution in [2.24, 2.45) is 0 Å². The Morgan fingerprint density at radius 1 is 1.08 bits per heavy atom. The normalized spacial score (nSPS) is 11.5. The van der Waals surface area contributed by atoms with Gasteiger partial charge in [-0.05, 0) is 54.1 Å². The van der Waals surface area contributed by atoms with E-state index in [0.29, 0.717) is 10.6 Å². The number of nitrogens with one attached hydrogen (secondary N) is 2. The van der Waals surface area contributed by atoms with E-state index in [0.717, 1.165) is 10.6 Å². The van der Waals surface area contributed by atoms with Crippen molar-refractivity contribution in [3.05, 3.63) is 69.3 Å². The lowest BCUT2D eigenvalue weighted by Crippen LogP contribution is -3.00. The first-order chi connectivity index (χ1) is 11.8. The van der Waals surface area contributed by atoms with Crippen LogP contribution in [0.4, 0.5) is 5.69 Å². The van der Waals surface area contributed by atoms with E-state index in [-0.39, 0.29) is 16.3 Å². The SMILES string of the molecule is C[NH+](C)c1ccc(/C=C(/NC(=O)c2ccc(Cl)cc2Cl)C(=O)[O-])cc1. The summed E-state index contributed by atoms with van der Waals surface area (Å²) in [6, 6.07) is 11.6. The summed E-state index contributed by atoms with van der Waals surface area (Å²) in [6.07, 6.45) is 1.33. The molecule has 0 fully saturated rings. The third-order valence-electron chi connectivity index (χ3n) is 3.44. The second-order valence-corrected chi connectivity index (χ2v) is 6.39. The van der Waals surface area contributed by atoms with Gasteiger partial charge >= 0.3 is 0 Å². The minimum atomic E-state index is -1.50. The van der Waals surface area contributed by atoms with E-state index in [1.165, 1.54) is 24.3 Å². The predicted molar refractivity (Wildman–Crippen MR) is 95.8 cm³/mol. The molecular formula is C18H16Cl2N2O3. The molecule has 7 heteroatoms. The van der Waals surface area contributed by atoms with Gasteiger partial charge < -0.3 is 20.1 Å². The Kier molecular flexibility index (Phi) is 6.20. The third kappa shape index (κ3) is 5.06. The number of quaternary nitrogens is 1. The van der Waals surface area contributed by atoms with Crippen molar-refractivity contribution in [1.29, 1.82) is 0 Å². The maximum Gasteiger partial charge on any atom is 0.257 e. The molecule has 0 heterocycles. The molecule has 0 aliphatic heterocycles. The molecule has 0 saturated carbocycles. The number of benzene rings is 2. The van der Waals surface area contributed by atoms with Crippen molar-refractivity contribution in [2.75, 3.05) is 14.1 Å². The van der Waals surface area contributed by atoms with Crippen molar-refractivity contribution in [2.45, 2.75) is 0 Å². The van der Waals surface area contributed by atoms with Crippen LogP contribution in [0.3, 0.4) is 0 Å². The molecule has 130 valence electrons. The number of aliphatic carboxylic acids is 1. The van der Waals surface area contributed by atoms with Crippen LogP contribution in [-0.4, -0.2) is 26.0 Å². The maximum absolute atomic E-state index is 12.3. The van der Waals surface area contributed by atoms with Gasteiger partial charge in [0.25, 0.3) is 5.91 Å². The molecule has 2 N–H and O–H groups in total. The molecule has 0 aliphatic carbocycles. The highest BCUT2D eigenvalue weighted by Crippen LogP contribution is 2.21. The number of hydrogen-bond donors (Lipinski definition) is 2. The van der Waals surface area contributed by atoms with E-state index in [1.54, 1.807) is 12.1 Å². The molecule has 0 saturated heterocycles. The molecular weight excluding hydrogens is 363 g/mol. The van der Waals surface area contributed by atoms with Gasteiger partial charge in [-0.25, -0.2) is 0 Å². The van der Waals surface area contributed by atoms with Crippen LogP contribution >= 0.6 is 23.2 Å². The Labute approximate surface area is 155 Å². The zero-order valence-electron chi connectivity index (χ0n) is 13.6.